The molecule has 3 aromatic rings. The Labute approximate surface area is 200 Å². The van der Waals surface area contributed by atoms with Crippen LogP contribution in [0.5, 0.6) is 0 Å². The second-order valence-corrected chi connectivity index (χ2v) is 10.4. The molecule has 0 amide bonds. The van der Waals surface area contributed by atoms with E-state index in [1.165, 1.54) is 12.8 Å². The Morgan fingerprint density at radius 2 is 2.00 bits per heavy atom. The van der Waals surface area contributed by atoms with Crippen LogP contribution < -0.4 is 5.56 Å². The predicted molar refractivity (Wildman–Crippen MR) is 131 cm³/mol. The smallest absolute Gasteiger partial charge is 0.252 e. The molecule has 2 aliphatic rings. The number of nitrogens with zero attached hydrogens (tertiary/aromatic N) is 5. The molecule has 1 aromatic carbocycles. The summed E-state index contributed by atoms with van der Waals surface area (Å²) in [4.78, 5) is 18.7. The maximum absolute atomic E-state index is 13.1. The molecular weight excluding hydrogens is 428 g/mol. The van der Waals surface area contributed by atoms with Gasteiger partial charge in [-0.2, -0.15) is 0 Å². The van der Waals surface area contributed by atoms with Crippen molar-refractivity contribution in [2.45, 2.75) is 90.6 Å². The summed E-state index contributed by atoms with van der Waals surface area (Å²) in [7, 11) is 0. The van der Waals surface area contributed by atoms with E-state index in [4.69, 9.17) is 4.74 Å². The van der Waals surface area contributed by atoms with Gasteiger partial charge in [-0.15, -0.1) is 5.10 Å². The fourth-order valence-electron chi connectivity index (χ4n) is 5.73. The van der Waals surface area contributed by atoms with Gasteiger partial charge in [-0.1, -0.05) is 38.8 Å². The summed E-state index contributed by atoms with van der Waals surface area (Å²) < 4.78 is 7.81. The van der Waals surface area contributed by atoms with Gasteiger partial charge in [-0.25, -0.2) is 4.68 Å². The highest BCUT2D eigenvalue weighted by Crippen LogP contribution is 2.36. The number of nitrogens with one attached hydrogen (secondary N) is 1. The van der Waals surface area contributed by atoms with Crippen molar-refractivity contribution in [2.24, 2.45) is 5.92 Å². The van der Waals surface area contributed by atoms with E-state index in [0.717, 1.165) is 60.1 Å². The van der Waals surface area contributed by atoms with Crippen molar-refractivity contribution >= 4 is 10.9 Å². The molecule has 0 spiro atoms. The zero-order valence-corrected chi connectivity index (χ0v) is 20.5. The van der Waals surface area contributed by atoms with Crippen LogP contribution in [0.25, 0.3) is 10.9 Å². The zero-order chi connectivity index (χ0) is 23.7. The highest BCUT2D eigenvalue weighted by molar-refractivity contribution is 5.79. The highest BCUT2D eigenvalue weighted by atomic mass is 16.5. The van der Waals surface area contributed by atoms with Crippen molar-refractivity contribution in [3.8, 4) is 0 Å². The van der Waals surface area contributed by atoms with Crippen LogP contribution in [0.4, 0.5) is 0 Å². The van der Waals surface area contributed by atoms with Crippen LogP contribution in [0.15, 0.2) is 29.1 Å². The molecule has 1 aliphatic carbocycles. The average molecular weight is 465 g/mol. The number of rotatable bonds is 8. The van der Waals surface area contributed by atoms with Crippen molar-refractivity contribution in [2.75, 3.05) is 6.61 Å². The summed E-state index contributed by atoms with van der Waals surface area (Å²) in [6, 6.07) is 8.70. The minimum atomic E-state index is -0.0115. The van der Waals surface area contributed by atoms with Crippen molar-refractivity contribution in [3.05, 3.63) is 51.6 Å². The molecule has 0 radical (unpaired) electrons. The van der Waals surface area contributed by atoms with Crippen molar-refractivity contribution in [3.63, 3.8) is 0 Å². The van der Waals surface area contributed by atoms with E-state index in [-0.39, 0.29) is 23.6 Å². The second-order valence-electron chi connectivity index (χ2n) is 10.4. The molecule has 8 nitrogen and oxygen atoms in total. The third kappa shape index (κ3) is 4.79. The predicted octanol–water partition coefficient (Wildman–Crippen LogP) is 4.14. The lowest BCUT2D eigenvalue weighted by Gasteiger charge is -2.38. The molecule has 1 saturated heterocycles. The normalized spacial score (nSPS) is 20.2. The number of tetrazole rings is 1. The number of aromatic amines is 1. The van der Waals surface area contributed by atoms with Gasteiger partial charge in [0, 0.05) is 30.3 Å². The minimum absolute atomic E-state index is 0.0115. The molecule has 1 aliphatic heterocycles. The van der Waals surface area contributed by atoms with Gasteiger partial charge in [0.25, 0.3) is 5.56 Å². The van der Waals surface area contributed by atoms with Gasteiger partial charge in [0.05, 0.1) is 18.7 Å². The monoisotopic (exact) mass is 464 g/mol. The Hall–Kier alpha value is -2.58. The number of fused-ring (bicyclic) bond motifs is 1. The van der Waals surface area contributed by atoms with Crippen LogP contribution in [-0.4, -0.2) is 48.8 Å². The third-order valence-corrected chi connectivity index (χ3v) is 7.44. The molecule has 2 fully saturated rings. The number of aromatic nitrogens is 5. The fourth-order valence-corrected chi connectivity index (χ4v) is 5.73. The Morgan fingerprint density at radius 1 is 1.18 bits per heavy atom. The molecule has 182 valence electrons. The Balaban J connectivity index is 1.50. The van der Waals surface area contributed by atoms with Crippen molar-refractivity contribution < 1.29 is 4.74 Å². The maximum Gasteiger partial charge on any atom is 0.252 e. The Bertz CT molecular complexity index is 1170. The van der Waals surface area contributed by atoms with Gasteiger partial charge in [0.15, 0.2) is 5.82 Å². The van der Waals surface area contributed by atoms with Crippen molar-refractivity contribution in [1.82, 2.24) is 30.1 Å². The summed E-state index contributed by atoms with van der Waals surface area (Å²) in [5.41, 5.74) is 2.82. The molecule has 1 N–H and O–H groups in total. The zero-order valence-electron chi connectivity index (χ0n) is 20.5. The fraction of sp³-hybridized carbons (Fsp3) is 0.615. The van der Waals surface area contributed by atoms with E-state index in [1.807, 2.05) is 17.7 Å². The third-order valence-electron chi connectivity index (χ3n) is 7.44. The van der Waals surface area contributed by atoms with E-state index < -0.39 is 0 Å². The molecule has 8 heteroatoms. The lowest BCUT2D eigenvalue weighted by Crippen LogP contribution is -2.41. The first kappa shape index (κ1) is 23.2. The maximum atomic E-state index is 13.1. The number of aryl methyl sites for hydroxylation is 1. The molecule has 0 unspecified atom stereocenters. The topological polar surface area (TPSA) is 88.9 Å². The molecule has 5 rings (SSSR count). The number of hydrogen-bond acceptors (Lipinski definition) is 6. The first-order valence-electron chi connectivity index (χ1n) is 12.8. The molecule has 1 saturated carbocycles. The highest BCUT2D eigenvalue weighted by Gasteiger charge is 2.36. The SMILES string of the molecule is Cc1ccc2cc(CN(C3CCCC3)[C@@H](c3nnnn3C[C@@H]3CCCO3)C(C)C)c(=O)[nH]c2c1. The van der Waals surface area contributed by atoms with Crippen LogP contribution in [0.1, 0.15) is 75.4 Å². The van der Waals surface area contributed by atoms with Crippen LogP contribution in [0, 0.1) is 12.8 Å². The molecule has 3 heterocycles. The van der Waals surface area contributed by atoms with Crippen LogP contribution in [-0.2, 0) is 17.8 Å². The van der Waals surface area contributed by atoms with Crippen LogP contribution >= 0.6 is 0 Å². The summed E-state index contributed by atoms with van der Waals surface area (Å²) in [5, 5.41) is 14.0. The standard InChI is InChI=1S/C26H36N6O2/c1-17(2)24(25-28-29-30-32(25)16-22-9-6-12-34-22)31(21-7-4-5-8-21)15-20-14-19-11-10-18(3)13-23(19)27-26(20)33/h10-11,13-14,17,21-22,24H,4-9,12,15-16H2,1-3H3,(H,27,33)/t22-,24+/m0/s1. The minimum Gasteiger partial charge on any atom is -0.376 e. The molecule has 34 heavy (non-hydrogen) atoms. The van der Waals surface area contributed by atoms with E-state index in [1.54, 1.807) is 0 Å². The van der Waals surface area contributed by atoms with E-state index in [0.29, 0.717) is 19.1 Å². The number of ether oxygens (including phenoxy) is 1. The number of benzene rings is 1. The summed E-state index contributed by atoms with van der Waals surface area (Å²) in [6.45, 7) is 8.57. The van der Waals surface area contributed by atoms with Gasteiger partial charge in [-0.05, 0) is 72.0 Å². The van der Waals surface area contributed by atoms with Crippen LogP contribution in [0.2, 0.25) is 0 Å². The number of hydrogen-bond donors (Lipinski definition) is 1. The van der Waals surface area contributed by atoms with Gasteiger partial charge >= 0.3 is 0 Å². The van der Waals surface area contributed by atoms with E-state index >= 15 is 0 Å². The lowest BCUT2D eigenvalue weighted by molar-refractivity contribution is 0.0718. The molecular formula is C26H36N6O2. The largest absolute Gasteiger partial charge is 0.376 e. The van der Waals surface area contributed by atoms with Gasteiger partial charge < -0.3 is 9.72 Å². The van der Waals surface area contributed by atoms with E-state index in [2.05, 4.69) is 57.5 Å². The van der Waals surface area contributed by atoms with Gasteiger partial charge in [0.1, 0.15) is 0 Å². The molecule has 2 aromatic heterocycles. The summed E-state index contributed by atoms with van der Waals surface area (Å²) in [6.07, 6.45) is 7.03. The first-order chi connectivity index (χ1) is 16.5. The van der Waals surface area contributed by atoms with E-state index in [9.17, 15) is 4.79 Å². The Morgan fingerprint density at radius 3 is 2.74 bits per heavy atom. The van der Waals surface area contributed by atoms with Crippen molar-refractivity contribution in [1.29, 1.82) is 0 Å². The molecule has 2 atom stereocenters. The van der Waals surface area contributed by atoms with Gasteiger partial charge in [0.2, 0.25) is 0 Å². The molecule has 0 bridgehead atoms. The first-order valence-corrected chi connectivity index (χ1v) is 12.8. The number of pyridine rings is 1. The quantitative estimate of drug-likeness (QED) is 0.539. The lowest BCUT2D eigenvalue weighted by atomic mass is 9.97. The number of H-pyrrole nitrogens is 1. The van der Waals surface area contributed by atoms with Crippen LogP contribution in [0.3, 0.4) is 0 Å². The Kier molecular flexibility index (Phi) is 6.79. The second kappa shape index (κ2) is 9.96. The summed E-state index contributed by atoms with van der Waals surface area (Å²) >= 11 is 0. The summed E-state index contributed by atoms with van der Waals surface area (Å²) in [5.74, 6) is 1.17. The van der Waals surface area contributed by atoms with Gasteiger partial charge in [-0.3, -0.25) is 9.69 Å². The average Bonchev–Trinajstić information content (AvgIpc) is 3.58.